The number of thioether (sulfide) groups is 1. The minimum absolute atomic E-state index is 0.0715. The van der Waals surface area contributed by atoms with E-state index in [9.17, 15) is 4.79 Å². The summed E-state index contributed by atoms with van der Waals surface area (Å²) in [6, 6.07) is 19.8. The fourth-order valence-electron chi connectivity index (χ4n) is 3.27. The highest BCUT2D eigenvalue weighted by Crippen LogP contribution is 2.36. The number of benzene rings is 2. The van der Waals surface area contributed by atoms with Crippen molar-refractivity contribution in [3.05, 3.63) is 67.0 Å². The van der Waals surface area contributed by atoms with Crippen molar-refractivity contribution in [2.75, 3.05) is 18.9 Å². The van der Waals surface area contributed by atoms with Gasteiger partial charge in [0.25, 0.3) is 0 Å². The number of nitrogens with zero attached hydrogens (tertiary/aromatic N) is 2. The molecule has 3 heterocycles. The number of fused-ring (bicyclic) bond motifs is 2. The average Bonchev–Trinajstić information content (AvgIpc) is 3.27. The smallest absolute Gasteiger partial charge is 0.230 e. The van der Waals surface area contributed by atoms with Crippen molar-refractivity contribution in [1.82, 2.24) is 15.3 Å². The van der Waals surface area contributed by atoms with Crippen LogP contribution in [0.3, 0.4) is 0 Å². The SMILES string of the molecule is O=C(CSc1ncnc2sc(-c3ccccc3)cc12)NC[C@@H]1COc2ccccc2O1. The van der Waals surface area contributed by atoms with Crippen LogP contribution >= 0.6 is 23.1 Å². The Kier molecular flexibility index (Phi) is 5.73. The molecule has 6 nitrogen and oxygen atoms in total. The summed E-state index contributed by atoms with van der Waals surface area (Å²) in [7, 11) is 0. The molecule has 31 heavy (non-hydrogen) atoms. The molecule has 1 N–H and O–H groups in total. The molecule has 0 unspecified atom stereocenters. The lowest BCUT2D eigenvalue weighted by Crippen LogP contribution is -2.41. The van der Waals surface area contributed by atoms with Crippen LogP contribution in [-0.4, -0.2) is 40.9 Å². The Morgan fingerprint density at radius 1 is 1.10 bits per heavy atom. The van der Waals surface area contributed by atoms with Gasteiger partial charge in [-0.05, 0) is 23.8 Å². The first kappa shape index (κ1) is 19.8. The number of nitrogens with one attached hydrogen (secondary N) is 1. The molecule has 8 heteroatoms. The Hall–Kier alpha value is -3.10. The zero-order valence-corrected chi connectivity index (χ0v) is 18.1. The molecular weight excluding hydrogens is 430 g/mol. The second-order valence-corrected chi connectivity index (χ2v) is 8.96. The van der Waals surface area contributed by atoms with Crippen molar-refractivity contribution in [1.29, 1.82) is 0 Å². The Morgan fingerprint density at radius 2 is 1.90 bits per heavy atom. The number of carbonyl (C=O) groups is 1. The molecular formula is C23H19N3O3S2. The van der Waals surface area contributed by atoms with E-state index in [0.29, 0.717) is 18.9 Å². The molecule has 4 aromatic rings. The molecule has 2 aromatic carbocycles. The van der Waals surface area contributed by atoms with Gasteiger partial charge in [-0.25, -0.2) is 9.97 Å². The van der Waals surface area contributed by atoms with Crippen molar-refractivity contribution in [3.63, 3.8) is 0 Å². The van der Waals surface area contributed by atoms with Gasteiger partial charge in [0.2, 0.25) is 5.91 Å². The van der Waals surface area contributed by atoms with Gasteiger partial charge >= 0.3 is 0 Å². The molecule has 0 saturated heterocycles. The highest BCUT2D eigenvalue weighted by atomic mass is 32.2. The van der Waals surface area contributed by atoms with Gasteiger partial charge in [0.1, 0.15) is 28.9 Å². The predicted octanol–water partition coefficient (Wildman–Crippen LogP) is 4.41. The molecule has 1 aliphatic heterocycles. The number of amides is 1. The Bertz CT molecular complexity index is 1210. The zero-order valence-electron chi connectivity index (χ0n) is 16.5. The van der Waals surface area contributed by atoms with Crippen LogP contribution in [0.25, 0.3) is 20.7 Å². The first-order valence-electron chi connectivity index (χ1n) is 9.84. The zero-order chi connectivity index (χ0) is 21.0. The summed E-state index contributed by atoms with van der Waals surface area (Å²) < 4.78 is 11.6. The fraction of sp³-hybridized carbons (Fsp3) is 0.174. The highest BCUT2D eigenvalue weighted by molar-refractivity contribution is 8.00. The summed E-state index contributed by atoms with van der Waals surface area (Å²) in [6.45, 7) is 0.803. The number of para-hydroxylation sites is 2. The molecule has 156 valence electrons. The lowest BCUT2D eigenvalue weighted by molar-refractivity contribution is -0.119. The minimum Gasteiger partial charge on any atom is -0.486 e. The number of rotatable bonds is 6. The van der Waals surface area contributed by atoms with E-state index in [0.717, 1.165) is 31.4 Å². The quantitative estimate of drug-likeness (QED) is 0.347. The van der Waals surface area contributed by atoms with Gasteiger partial charge in [-0.15, -0.1) is 11.3 Å². The molecule has 0 spiro atoms. The maximum Gasteiger partial charge on any atom is 0.230 e. The van der Waals surface area contributed by atoms with Crippen LogP contribution in [0.15, 0.2) is 72.0 Å². The van der Waals surface area contributed by atoms with E-state index in [1.165, 1.54) is 11.8 Å². The summed E-state index contributed by atoms with van der Waals surface area (Å²) in [5.74, 6) is 1.64. The van der Waals surface area contributed by atoms with Crippen molar-refractivity contribution < 1.29 is 14.3 Å². The second-order valence-electron chi connectivity index (χ2n) is 6.96. The fourth-order valence-corrected chi connectivity index (χ4v) is 5.14. The van der Waals surface area contributed by atoms with Gasteiger partial charge in [0, 0.05) is 10.3 Å². The monoisotopic (exact) mass is 449 g/mol. The van der Waals surface area contributed by atoms with E-state index in [4.69, 9.17) is 9.47 Å². The van der Waals surface area contributed by atoms with E-state index < -0.39 is 0 Å². The van der Waals surface area contributed by atoms with Crippen LogP contribution < -0.4 is 14.8 Å². The maximum atomic E-state index is 12.4. The largest absolute Gasteiger partial charge is 0.486 e. The number of ether oxygens (including phenoxy) is 2. The Morgan fingerprint density at radius 3 is 2.77 bits per heavy atom. The Labute approximate surface area is 187 Å². The molecule has 0 fully saturated rings. The van der Waals surface area contributed by atoms with Crippen molar-refractivity contribution in [3.8, 4) is 21.9 Å². The average molecular weight is 450 g/mol. The summed E-state index contributed by atoms with van der Waals surface area (Å²) in [4.78, 5) is 23.2. The van der Waals surface area contributed by atoms with Crippen LogP contribution in [0.5, 0.6) is 11.5 Å². The van der Waals surface area contributed by atoms with Crippen LogP contribution in [0.2, 0.25) is 0 Å². The van der Waals surface area contributed by atoms with E-state index in [2.05, 4.69) is 33.5 Å². The molecule has 0 saturated carbocycles. The van der Waals surface area contributed by atoms with Gasteiger partial charge in [-0.2, -0.15) is 0 Å². The van der Waals surface area contributed by atoms with Gasteiger partial charge in [-0.3, -0.25) is 4.79 Å². The molecule has 1 atom stereocenters. The minimum atomic E-state index is -0.208. The molecule has 0 aliphatic carbocycles. The van der Waals surface area contributed by atoms with E-state index in [-0.39, 0.29) is 17.8 Å². The van der Waals surface area contributed by atoms with Crippen LogP contribution in [-0.2, 0) is 4.79 Å². The van der Waals surface area contributed by atoms with E-state index in [1.807, 2.05) is 42.5 Å². The topological polar surface area (TPSA) is 73.3 Å². The van der Waals surface area contributed by atoms with Gasteiger partial charge in [-0.1, -0.05) is 54.2 Å². The predicted molar refractivity (Wildman–Crippen MR) is 123 cm³/mol. The maximum absolute atomic E-state index is 12.4. The van der Waals surface area contributed by atoms with E-state index >= 15 is 0 Å². The summed E-state index contributed by atoms with van der Waals surface area (Å²) >= 11 is 3.04. The number of aromatic nitrogens is 2. The lowest BCUT2D eigenvalue weighted by Gasteiger charge is -2.26. The number of hydrogen-bond acceptors (Lipinski definition) is 7. The van der Waals surface area contributed by atoms with E-state index in [1.54, 1.807) is 17.7 Å². The van der Waals surface area contributed by atoms with Crippen LogP contribution in [0.4, 0.5) is 0 Å². The Balaban J connectivity index is 1.19. The standard InChI is InChI=1S/C23H19N3O3S2/c27-21(24-11-16-12-28-18-8-4-5-9-19(18)29-16)13-30-22-17-10-20(15-6-2-1-3-7-15)31-23(17)26-14-25-22/h1-10,14,16H,11-13H2,(H,24,27)/t16-/m1/s1. The normalized spacial score (nSPS) is 15.0. The van der Waals surface area contributed by atoms with Gasteiger partial charge < -0.3 is 14.8 Å². The van der Waals surface area contributed by atoms with Gasteiger partial charge in [0.05, 0.1) is 12.3 Å². The van der Waals surface area contributed by atoms with Crippen LogP contribution in [0, 0.1) is 0 Å². The van der Waals surface area contributed by atoms with Gasteiger partial charge in [0.15, 0.2) is 11.5 Å². The summed E-state index contributed by atoms with van der Waals surface area (Å²) in [5.41, 5.74) is 1.15. The molecule has 5 rings (SSSR count). The second kappa shape index (κ2) is 8.95. The third-order valence-corrected chi connectivity index (χ3v) is 6.88. The van der Waals surface area contributed by atoms with Crippen molar-refractivity contribution in [2.24, 2.45) is 0 Å². The molecule has 0 bridgehead atoms. The number of carbonyl (C=O) groups excluding carboxylic acids is 1. The van der Waals surface area contributed by atoms with Crippen molar-refractivity contribution in [2.45, 2.75) is 11.1 Å². The molecule has 0 radical (unpaired) electrons. The highest BCUT2D eigenvalue weighted by Gasteiger charge is 2.21. The molecule has 1 aliphatic rings. The lowest BCUT2D eigenvalue weighted by atomic mass is 10.2. The third-order valence-electron chi connectivity index (χ3n) is 4.79. The number of thiophene rings is 1. The molecule has 2 aromatic heterocycles. The molecule has 1 amide bonds. The first-order valence-corrected chi connectivity index (χ1v) is 11.6. The summed E-state index contributed by atoms with van der Waals surface area (Å²) in [5, 5.41) is 4.71. The third kappa shape index (κ3) is 4.50. The number of hydrogen-bond donors (Lipinski definition) is 1. The summed E-state index contributed by atoms with van der Waals surface area (Å²) in [6.07, 6.45) is 1.35. The first-order chi connectivity index (χ1) is 15.3. The van der Waals surface area contributed by atoms with Crippen LogP contribution in [0.1, 0.15) is 0 Å². The van der Waals surface area contributed by atoms with Crippen molar-refractivity contribution >= 4 is 39.2 Å².